The van der Waals surface area contributed by atoms with Gasteiger partial charge in [0.1, 0.15) is 0 Å². The van der Waals surface area contributed by atoms with E-state index in [1.165, 1.54) is 30.5 Å². The zero-order valence-electron chi connectivity index (χ0n) is 11.2. The van der Waals surface area contributed by atoms with Crippen LogP contribution in [-0.4, -0.2) is 31.0 Å². The molecule has 0 saturated heterocycles. The van der Waals surface area contributed by atoms with Crippen LogP contribution in [0.25, 0.3) is 0 Å². The summed E-state index contributed by atoms with van der Waals surface area (Å²) in [6.45, 7) is 0. The largest absolute Gasteiger partial charge is 0.484 e. The van der Waals surface area contributed by atoms with Gasteiger partial charge >= 0.3 is 7.05 Å². The number of hydrazone groups is 1. The minimum atomic E-state index is -3.96. The molecule has 22 heavy (non-hydrogen) atoms. The summed E-state index contributed by atoms with van der Waals surface area (Å²) in [4.78, 5) is 0.0125. The molecule has 0 radical (unpaired) electrons. The summed E-state index contributed by atoms with van der Waals surface area (Å²) in [6, 6.07) is 10.9. The van der Waals surface area contributed by atoms with Crippen LogP contribution in [0.2, 0.25) is 0 Å². The summed E-state index contributed by atoms with van der Waals surface area (Å²) < 4.78 is 26.7. The van der Waals surface area contributed by atoms with Crippen molar-refractivity contribution in [2.24, 2.45) is 5.10 Å². The maximum absolute atomic E-state index is 12.6. The van der Waals surface area contributed by atoms with E-state index in [9.17, 15) is 13.4 Å². The number of hydrogen-bond acceptors (Lipinski definition) is 5. The topological polar surface area (TPSA) is 96.0 Å². The van der Waals surface area contributed by atoms with Gasteiger partial charge in [0.25, 0.3) is 10.0 Å². The summed E-state index contributed by atoms with van der Waals surface area (Å²) in [7, 11) is -5.34. The second kappa shape index (κ2) is 5.42. The molecule has 6 nitrogen and oxygen atoms in total. The maximum Gasteiger partial charge on any atom is 0.484 e. The molecule has 3 rings (SSSR count). The molecule has 1 aliphatic heterocycles. The number of fused-ring (bicyclic) bond motifs is 1. The fraction of sp³-hybridized carbons (Fsp3) is 0. The standard InChI is InChI=1S/C13H11BBrN3O3S/c15-10-1-6-13-9(7-10)8-17-18(14(13)19)22(20,21)12-4-2-11(16)3-5-12/h1-8,19H,16H2. The molecule has 3 N–H and O–H groups in total. The van der Waals surface area contributed by atoms with Gasteiger partial charge in [0, 0.05) is 10.2 Å². The van der Waals surface area contributed by atoms with Crippen LogP contribution in [0.15, 0.2) is 56.9 Å². The first-order chi connectivity index (χ1) is 10.4. The highest BCUT2D eigenvalue weighted by Crippen LogP contribution is 2.21. The van der Waals surface area contributed by atoms with Crippen molar-refractivity contribution < 1.29 is 13.4 Å². The second-order valence-corrected chi connectivity index (χ2v) is 7.45. The van der Waals surface area contributed by atoms with Gasteiger partial charge in [-0.1, -0.05) is 22.0 Å². The van der Waals surface area contributed by atoms with Gasteiger partial charge in [0.2, 0.25) is 0 Å². The van der Waals surface area contributed by atoms with Crippen molar-refractivity contribution in [1.29, 1.82) is 0 Å². The first kappa shape index (κ1) is 15.1. The van der Waals surface area contributed by atoms with E-state index in [0.29, 0.717) is 21.0 Å². The lowest BCUT2D eigenvalue weighted by Crippen LogP contribution is -2.52. The molecule has 2 aromatic carbocycles. The minimum absolute atomic E-state index is 0.0125. The smallest absolute Gasteiger partial charge is 0.427 e. The number of benzene rings is 2. The summed E-state index contributed by atoms with van der Waals surface area (Å²) in [5.41, 5.74) is 7.14. The third-order valence-corrected chi connectivity index (χ3v) is 5.42. The number of sulfonamides is 1. The van der Waals surface area contributed by atoms with Gasteiger partial charge in [0.15, 0.2) is 0 Å². The molecule has 0 bridgehead atoms. The van der Waals surface area contributed by atoms with Crippen molar-refractivity contribution in [2.75, 3.05) is 5.73 Å². The van der Waals surface area contributed by atoms with Crippen molar-refractivity contribution in [3.8, 4) is 0 Å². The Balaban J connectivity index is 2.03. The molecule has 1 heterocycles. The average molecular weight is 380 g/mol. The highest BCUT2D eigenvalue weighted by Gasteiger charge is 2.38. The predicted molar refractivity (Wildman–Crippen MR) is 89.2 cm³/mol. The highest BCUT2D eigenvalue weighted by molar-refractivity contribution is 9.10. The normalized spacial score (nSPS) is 14.1. The molecule has 0 saturated carbocycles. The molecular formula is C13H11BBrN3O3S. The molecule has 112 valence electrons. The summed E-state index contributed by atoms with van der Waals surface area (Å²) in [5, 5.41) is 14.2. The third-order valence-electron chi connectivity index (χ3n) is 3.27. The Hall–Kier alpha value is -1.84. The highest BCUT2D eigenvalue weighted by atomic mass is 79.9. The van der Waals surface area contributed by atoms with Crippen LogP contribution >= 0.6 is 15.9 Å². The van der Waals surface area contributed by atoms with Gasteiger partial charge in [-0.05, 0) is 47.4 Å². The molecule has 2 aromatic rings. The molecule has 0 amide bonds. The van der Waals surface area contributed by atoms with E-state index in [1.54, 1.807) is 18.2 Å². The molecule has 0 aliphatic carbocycles. The quantitative estimate of drug-likeness (QED) is 0.594. The molecule has 0 spiro atoms. The molecule has 0 atom stereocenters. The van der Waals surface area contributed by atoms with Crippen LogP contribution in [0, 0.1) is 0 Å². The minimum Gasteiger partial charge on any atom is -0.427 e. The van der Waals surface area contributed by atoms with Gasteiger partial charge in [-0.2, -0.15) is 9.43 Å². The first-order valence-electron chi connectivity index (χ1n) is 6.31. The SMILES string of the molecule is Nc1ccc(S(=O)(=O)N2N=Cc3cc(Br)ccc3B2O)cc1. The number of nitrogens with zero attached hydrogens (tertiary/aromatic N) is 2. The van der Waals surface area contributed by atoms with Gasteiger partial charge in [-0.25, -0.2) is 8.42 Å². The number of rotatable bonds is 2. The molecular weight excluding hydrogens is 369 g/mol. The lowest BCUT2D eigenvalue weighted by atomic mass is 9.72. The second-order valence-electron chi connectivity index (χ2n) is 4.74. The number of anilines is 1. The Morgan fingerprint density at radius 3 is 2.55 bits per heavy atom. The Morgan fingerprint density at radius 2 is 1.86 bits per heavy atom. The van der Waals surface area contributed by atoms with Gasteiger partial charge in [-0.15, -0.1) is 0 Å². The number of nitrogens with two attached hydrogens (primary N) is 1. The van der Waals surface area contributed by atoms with Crippen molar-refractivity contribution in [3.05, 3.63) is 52.5 Å². The van der Waals surface area contributed by atoms with E-state index in [1.807, 2.05) is 0 Å². The van der Waals surface area contributed by atoms with Crippen LogP contribution in [0.4, 0.5) is 5.69 Å². The summed E-state index contributed by atoms with van der Waals surface area (Å²) in [5.74, 6) is 0. The zero-order chi connectivity index (χ0) is 15.9. The van der Waals surface area contributed by atoms with Crippen LogP contribution in [0.3, 0.4) is 0 Å². The van der Waals surface area contributed by atoms with Crippen molar-refractivity contribution in [3.63, 3.8) is 0 Å². The monoisotopic (exact) mass is 379 g/mol. The number of halogens is 1. The average Bonchev–Trinajstić information content (AvgIpc) is 2.47. The number of nitrogen functional groups attached to an aromatic ring is 1. The lowest BCUT2D eigenvalue weighted by molar-refractivity contribution is 0.476. The van der Waals surface area contributed by atoms with E-state index < -0.39 is 17.1 Å². The molecule has 0 aromatic heterocycles. The van der Waals surface area contributed by atoms with Crippen molar-refractivity contribution in [1.82, 2.24) is 4.33 Å². The van der Waals surface area contributed by atoms with Crippen LogP contribution in [0.1, 0.15) is 5.56 Å². The van der Waals surface area contributed by atoms with E-state index in [2.05, 4.69) is 21.0 Å². The molecule has 9 heteroatoms. The third kappa shape index (κ3) is 2.51. The Bertz CT molecular complexity index is 855. The predicted octanol–water partition coefficient (Wildman–Crippen LogP) is 0.757. The van der Waals surface area contributed by atoms with Gasteiger partial charge in [-0.3, -0.25) is 0 Å². The fourth-order valence-electron chi connectivity index (χ4n) is 2.14. The van der Waals surface area contributed by atoms with Crippen LogP contribution in [-0.2, 0) is 10.0 Å². The van der Waals surface area contributed by atoms with E-state index in [4.69, 9.17) is 5.73 Å². The lowest BCUT2D eigenvalue weighted by Gasteiger charge is -2.26. The summed E-state index contributed by atoms with van der Waals surface area (Å²) >= 11 is 3.32. The number of hydrogen-bond donors (Lipinski definition) is 2. The van der Waals surface area contributed by atoms with E-state index in [0.717, 1.165) is 4.47 Å². The van der Waals surface area contributed by atoms with Gasteiger partial charge < -0.3 is 10.8 Å². The Labute approximate surface area is 136 Å². The Kier molecular flexibility index (Phi) is 3.71. The maximum atomic E-state index is 12.6. The van der Waals surface area contributed by atoms with Crippen LogP contribution < -0.4 is 11.2 Å². The summed E-state index contributed by atoms with van der Waals surface area (Å²) in [6.07, 6.45) is 1.40. The van der Waals surface area contributed by atoms with E-state index >= 15 is 0 Å². The zero-order valence-corrected chi connectivity index (χ0v) is 13.6. The first-order valence-corrected chi connectivity index (χ1v) is 8.54. The van der Waals surface area contributed by atoms with Crippen molar-refractivity contribution in [2.45, 2.75) is 4.90 Å². The fourth-order valence-corrected chi connectivity index (χ4v) is 3.76. The van der Waals surface area contributed by atoms with Crippen molar-refractivity contribution >= 4 is 50.4 Å². The molecule has 1 aliphatic rings. The van der Waals surface area contributed by atoms with E-state index in [-0.39, 0.29) is 4.90 Å². The molecule has 0 fully saturated rings. The van der Waals surface area contributed by atoms with Crippen LogP contribution in [0.5, 0.6) is 0 Å². The molecule has 0 unspecified atom stereocenters. The van der Waals surface area contributed by atoms with Gasteiger partial charge in [0.05, 0.1) is 11.1 Å². The Morgan fingerprint density at radius 1 is 1.18 bits per heavy atom.